The van der Waals surface area contributed by atoms with Crippen molar-refractivity contribution >= 4 is 17.7 Å². The number of carbonyl (C=O) groups is 1. The lowest BCUT2D eigenvalue weighted by Gasteiger charge is -2.21. The van der Waals surface area contributed by atoms with Crippen molar-refractivity contribution in [3.8, 4) is 0 Å². The number of aromatic nitrogens is 2. The highest BCUT2D eigenvalue weighted by atomic mass is 16.2. The highest BCUT2D eigenvalue weighted by Gasteiger charge is 2.19. The van der Waals surface area contributed by atoms with Crippen molar-refractivity contribution in [1.82, 2.24) is 9.13 Å². The maximum absolute atomic E-state index is 12.7. The fraction of sp³-hybridized carbons (Fsp3) is 0.316. The molecule has 1 aromatic heterocycles. The third-order valence-corrected chi connectivity index (χ3v) is 4.50. The number of hydrogen-bond acceptors (Lipinski definition) is 3. The zero-order valence-corrected chi connectivity index (χ0v) is 14.4. The second-order valence-corrected chi connectivity index (χ2v) is 6.25. The van der Waals surface area contributed by atoms with Gasteiger partial charge in [0.2, 0.25) is 0 Å². The van der Waals surface area contributed by atoms with E-state index in [0.717, 1.165) is 29.5 Å². The molecule has 0 spiro atoms. The number of aryl methyl sites for hydroxylation is 2. The summed E-state index contributed by atoms with van der Waals surface area (Å²) in [6, 6.07) is 7.92. The van der Waals surface area contributed by atoms with Crippen LogP contribution in [0.15, 0.2) is 46.1 Å². The Kier molecular flexibility index (Phi) is 4.70. The molecular weight excluding hydrogens is 318 g/mol. The lowest BCUT2D eigenvalue weighted by atomic mass is 10.1. The van der Waals surface area contributed by atoms with Crippen molar-refractivity contribution in [1.29, 1.82) is 0 Å². The van der Waals surface area contributed by atoms with Crippen LogP contribution in [0.5, 0.6) is 0 Å². The van der Waals surface area contributed by atoms with Crippen LogP contribution in [0.1, 0.15) is 24.0 Å². The van der Waals surface area contributed by atoms with E-state index in [9.17, 15) is 14.4 Å². The molecule has 3 rings (SSSR count). The van der Waals surface area contributed by atoms with Gasteiger partial charge in [-0.3, -0.25) is 14.2 Å². The van der Waals surface area contributed by atoms with Crippen LogP contribution in [0.25, 0.3) is 6.08 Å². The van der Waals surface area contributed by atoms with E-state index in [0.29, 0.717) is 12.1 Å². The molecule has 0 bridgehead atoms. The van der Waals surface area contributed by atoms with E-state index in [2.05, 4.69) is 0 Å². The third-order valence-electron chi connectivity index (χ3n) is 4.50. The molecule has 0 saturated heterocycles. The molecule has 0 atom stereocenters. The van der Waals surface area contributed by atoms with Crippen LogP contribution < -0.4 is 16.1 Å². The number of fused-ring (bicyclic) bond motifs is 1. The summed E-state index contributed by atoms with van der Waals surface area (Å²) in [7, 11) is 3.00. The van der Waals surface area contributed by atoms with Gasteiger partial charge in [-0.15, -0.1) is 0 Å². The van der Waals surface area contributed by atoms with E-state index in [1.54, 1.807) is 11.9 Å². The Labute approximate surface area is 145 Å². The van der Waals surface area contributed by atoms with Gasteiger partial charge in [0.05, 0.1) is 5.56 Å². The molecule has 0 N–H and O–H groups in total. The average Bonchev–Trinajstić information content (AvgIpc) is 2.84. The van der Waals surface area contributed by atoms with Gasteiger partial charge in [0.25, 0.3) is 11.5 Å². The molecule has 2 heterocycles. The van der Waals surface area contributed by atoms with E-state index in [4.69, 9.17) is 0 Å². The van der Waals surface area contributed by atoms with Gasteiger partial charge in [-0.05, 0) is 37.0 Å². The van der Waals surface area contributed by atoms with Crippen LogP contribution in [0.4, 0.5) is 5.69 Å². The summed E-state index contributed by atoms with van der Waals surface area (Å²) < 4.78 is 2.36. The molecule has 0 radical (unpaired) electrons. The molecule has 0 saturated carbocycles. The first-order valence-electron chi connectivity index (χ1n) is 8.33. The number of benzene rings is 1. The van der Waals surface area contributed by atoms with Crippen molar-refractivity contribution in [3.05, 3.63) is 68.5 Å². The average molecular weight is 339 g/mol. The molecule has 0 fully saturated rings. The fourth-order valence-electron chi connectivity index (χ4n) is 3.12. The first kappa shape index (κ1) is 17.0. The number of rotatable bonds is 2. The molecule has 0 aliphatic carbocycles. The Morgan fingerprint density at radius 3 is 2.68 bits per heavy atom. The SMILES string of the molecule is Cn1cc(/C=C/C(=O)N2CCCCc3ccccc32)c(=O)n(C)c1=O. The molecule has 0 unspecified atom stereocenters. The third kappa shape index (κ3) is 3.33. The Hall–Kier alpha value is -2.89. The molecule has 1 aliphatic rings. The summed E-state index contributed by atoms with van der Waals surface area (Å²) in [5.74, 6) is -0.162. The Morgan fingerprint density at radius 2 is 1.88 bits per heavy atom. The summed E-state index contributed by atoms with van der Waals surface area (Å²) in [6.07, 6.45) is 7.29. The molecule has 2 aromatic rings. The lowest BCUT2D eigenvalue weighted by Crippen LogP contribution is -2.37. The van der Waals surface area contributed by atoms with Gasteiger partial charge in [-0.25, -0.2) is 4.79 Å². The predicted molar refractivity (Wildman–Crippen MR) is 97.7 cm³/mol. The molecule has 1 aliphatic heterocycles. The lowest BCUT2D eigenvalue weighted by molar-refractivity contribution is -0.114. The number of anilines is 1. The number of carbonyl (C=O) groups excluding carboxylic acids is 1. The highest BCUT2D eigenvalue weighted by molar-refractivity contribution is 6.04. The Bertz CT molecular complexity index is 953. The molecule has 25 heavy (non-hydrogen) atoms. The van der Waals surface area contributed by atoms with Crippen molar-refractivity contribution in [3.63, 3.8) is 0 Å². The van der Waals surface area contributed by atoms with Gasteiger partial charge in [0, 0.05) is 38.6 Å². The quantitative estimate of drug-likeness (QED) is 0.778. The standard InChI is InChI=1S/C19H21N3O3/c1-20-13-15(18(24)21(2)19(20)25)10-11-17(23)22-12-6-5-8-14-7-3-4-9-16(14)22/h3-4,7,9-11,13H,5-6,8,12H2,1-2H3/b11-10+. The topological polar surface area (TPSA) is 64.3 Å². The summed E-state index contributed by atoms with van der Waals surface area (Å²) >= 11 is 0. The van der Waals surface area contributed by atoms with Crippen LogP contribution >= 0.6 is 0 Å². The molecule has 6 nitrogen and oxygen atoms in total. The molecular formula is C19H21N3O3. The van der Waals surface area contributed by atoms with Crippen LogP contribution in [-0.4, -0.2) is 21.6 Å². The smallest absolute Gasteiger partial charge is 0.309 e. The minimum atomic E-state index is -0.414. The molecule has 1 aromatic carbocycles. The summed E-state index contributed by atoms with van der Waals surface area (Å²) in [5.41, 5.74) is 1.60. The number of nitrogens with zero attached hydrogens (tertiary/aromatic N) is 3. The molecule has 130 valence electrons. The molecule has 6 heteroatoms. The van der Waals surface area contributed by atoms with Gasteiger partial charge in [-0.1, -0.05) is 18.2 Å². The van der Waals surface area contributed by atoms with Gasteiger partial charge in [0.1, 0.15) is 0 Å². The van der Waals surface area contributed by atoms with Crippen LogP contribution in [-0.2, 0) is 25.3 Å². The van der Waals surface area contributed by atoms with Crippen LogP contribution in [0.3, 0.4) is 0 Å². The summed E-state index contributed by atoms with van der Waals surface area (Å²) in [4.78, 5) is 38.3. The van der Waals surface area contributed by atoms with E-state index in [1.165, 1.54) is 35.5 Å². The maximum atomic E-state index is 12.7. The monoisotopic (exact) mass is 339 g/mol. The van der Waals surface area contributed by atoms with Crippen molar-refractivity contribution in [2.45, 2.75) is 19.3 Å². The normalized spacial score (nSPS) is 14.4. The van der Waals surface area contributed by atoms with Crippen LogP contribution in [0, 0.1) is 0 Å². The van der Waals surface area contributed by atoms with Crippen molar-refractivity contribution in [2.24, 2.45) is 14.1 Å². The number of para-hydroxylation sites is 1. The second kappa shape index (κ2) is 6.93. The minimum Gasteiger partial charge on any atom is -0.309 e. The van der Waals surface area contributed by atoms with Crippen LogP contribution in [0.2, 0.25) is 0 Å². The minimum absolute atomic E-state index is 0.162. The van der Waals surface area contributed by atoms with Crippen molar-refractivity contribution in [2.75, 3.05) is 11.4 Å². The highest BCUT2D eigenvalue weighted by Crippen LogP contribution is 2.26. The maximum Gasteiger partial charge on any atom is 0.330 e. The summed E-state index contributed by atoms with van der Waals surface area (Å²) in [6.45, 7) is 0.658. The zero-order valence-electron chi connectivity index (χ0n) is 14.4. The van der Waals surface area contributed by atoms with E-state index in [1.807, 2.05) is 24.3 Å². The predicted octanol–water partition coefficient (Wildman–Crippen LogP) is 1.47. The molecule has 1 amide bonds. The fourth-order valence-corrected chi connectivity index (χ4v) is 3.12. The van der Waals surface area contributed by atoms with Gasteiger partial charge in [-0.2, -0.15) is 0 Å². The summed E-state index contributed by atoms with van der Waals surface area (Å²) in [5, 5.41) is 0. The largest absolute Gasteiger partial charge is 0.330 e. The Balaban J connectivity index is 1.92. The first-order valence-corrected chi connectivity index (χ1v) is 8.33. The first-order chi connectivity index (χ1) is 12.0. The van der Waals surface area contributed by atoms with Gasteiger partial charge in [0.15, 0.2) is 0 Å². The number of amides is 1. The van der Waals surface area contributed by atoms with E-state index in [-0.39, 0.29) is 5.91 Å². The Morgan fingerprint density at radius 1 is 1.12 bits per heavy atom. The van der Waals surface area contributed by atoms with Gasteiger partial charge >= 0.3 is 5.69 Å². The van der Waals surface area contributed by atoms with E-state index < -0.39 is 11.2 Å². The second-order valence-electron chi connectivity index (χ2n) is 6.25. The number of hydrogen-bond donors (Lipinski definition) is 0. The van der Waals surface area contributed by atoms with E-state index >= 15 is 0 Å². The zero-order chi connectivity index (χ0) is 18.0. The van der Waals surface area contributed by atoms with Crippen molar-refractivity contribution < 1.29 is 4.79 Å². The van der Waals surface area contributed by atoms with Gasteiger partial charge < -0.3 is 9.47 Å².